The lowest BCUT2D eigenvalue weighted by Gasteiger charge is -2.40. The second-order valence-corrected chi connectivity index (χ2v) is 5.90. The highest BCUT2D eigenvalue weighted by molar-refractivity contribution is 6.62. The van der Waals surface area contributed by atoms with E-state index in [1.807, 2.05) is 0 Å². The standard InChI is InChI=1S/C14H27B/c1-2-3-4-5-12-15-13-8-6-9-14(15)11-7-10-13/h13-14H,2-12H2,1H3. The largest absolute Gasteiger partial charge is 0.146 e. The van der Waals surface area contributed by atoms with Gasteiger partial charge in [0.1, 0.15) is 6.71 Å². The first-order valence-electron chi connectivity index (χ1n) is 7.42. The first kappa shape index (κ1) is 11.5. The normalized spacial score (nSPS) is 30.6. The minimum Gasteiger partial charge on any atom is -0.0737 e. The molecule has 2 aliphatic rings. The molecule has 0 amide bonds. The highest BCUT2D eigenvalue weighted by atomic mass is 14.2. The molecule has 0 atom stereocenters. The highest BCUT2D eigenvalue weighted by Gasteiger charge is 2.37. The molecule has 2 aliphatic heterocycles. The Morgan fingerprint density at radius 2 is 1.47 bits per heavy atom. The van der Waals surface area contributed by atoms with Crippen LogP contribution in [0, 0.1) is 0 Å². The SMILES string of the molecule is CCCCCCB1C2CCCC1CCC2. The fourth-order valence-corrected chi connectivity index (χ4v) is 4.09. The Morgan fingerprint density at radius 1 is 0.867 bits per heavy atom. The summed E-state index contributed by atoms with van der Waals surface area (Å²) in [7, 11) is 0. The number of rotatable bonds is 5. The Labute approximate surface area is 96.3 Å². The van der Waals surface area contributed by atoms with E-state index in [4.69, 9.17) is 0 Å². The molecule has 1 heteroatoms. The Bertz CT molecular complexity index is 156. The van der Waals surface area contributed by atoms with Gasteiger partial charge in [-0.2, -0.15) is 0 Å². The number of hydrogen-bond donors (Lipinski definition) is 0. The van der Waals surface area contributed by atoms with E-state index in [0.717, 1.165) is 18.3 Å². The van der Waals surface area contributed by atoms with E-state index in [1.54, 1.807) is 44.8 Å². The van der Waals surface area contributed by atoms with E-state index in [0.29, 0.717) is 0 Å². The highest BCUT2D eigenvalue weighted by Crippen LogP contribution is 2.48. The Morgan fingerprint density at radius 3 is 2.00 bits per heavy atom. The molecule has 2 fully saturated rings. The van der Waals surface area contributed by atoms with Gasteiger partial charge >= 0.3 is 0 Å². The van der Waals surface area contributed by atoms with E-state index in [-0.39, 0.29) is 0 Å². The van der Waals surface area contributed by atoms with Crippen molar-refractivity contribution in [2.75, 3.05) is 0 Å². The smallest absolute Gasteiger partial charge is 0.0737 e. The molecule has 0 unspecified atom stereocenters. The van der Waals surface area contributed by atoms with Crippen LogP contribution in [0.1, 0.15) is 71.1 Å². The van der Waals surface area contributed by atoms with Gasteiger partial charge in [0.15, 0.2) is 0 Å². The molecule has 0 nitrogen and oxygen atoms in total. The maximum atomic E-state index is 2.31. The molecule has 2 heterocycles. The minimum atomic E-state index is 1.14. The average molecular weight is 206 g/mol. The van der Waals surface area contributed by atoms with Gasteiger partial charge in [-0.05, 0) is 0 Å². The molecule has 0 saturated carbocycles. The summed E-state index contributed by atoms with van der Waals surface area (Å²) >= 11 is 0. The van der Waals surface area contributed by atoms with Crippen LogP contribution in [0.15, 0.2) is 0 Å². The van der Waals surface area contributed by atoms with Crippen molar-refractivity contribution in [3.8, 4) is 0 Å². The quantitative estimate of drug-likeness (QED) is 0.430. The Balaban J connectivity index is 1.74. The molecular formula is C14H27B. The van der Waals surface area contributed by atoms with Crippen molar-refractivity contribution < 1.29 is 0 Å². The third-order valence-electron chi connectivity index (χ3n) is 4.90. The predicted molar refractivity (Wildman–Crippen MR) is 69.9 cm³/mol. The lowest BCUT2D eigenvalue weighted by atomic mass is 9.26. The van der Waals surface area contributed by atoms with Crippen LogP contribution in [0.2, 0.25) is 18.0 Å². The number of hydrogen-bond acceptors (Lipinski definition) is 0. The van der Waals surface area contributed by atoms with Gasteiger partial charge in [0.05, 0.1) is 0 Å². The van der Waals surface area contributed by atoms with Crippen LogP contribution in [0.5, 0.6) is 0 Å². The van der Waals surface area contributed by atoms with Gasteiger partial charge in [-0.3, -0.25) is 0 Å². The summed E-state index contributed by atoms with van der Waals surface area (Å²) in [4.78, 5) is 0. The first-order valence-corrected chi connectivity index (χ1v) is 7.42. The zero-order valence-corrected chi connectivity index (χ0v) is 10.5. The molecule has 0 spiro atoms. The van der Waals surface area contributed by atoms with Crippen LogP contribution < -0.4 is 0 Å². The van der Waals surface area contributed by atoms with Crippen LogP contribution in [-0.4, -0.2) is 6.71 Å². The molecule has 15 heavy (non-hydrogen) atoms. The predicted octanol–water partition coefficient (Wildman–Crippen LogP) is 5.17. The van der Waals surface area contributed by atoms with Crippen molar-refractivity contribution in [1.82, 2.24) is 0 Å². The molecular weight excluding hydrogens is 179 g/mol. The monoisotopic (exact) mass is 206 g/mol. The molecule has 2 rings (SSSR count). The fraction of sp³-hybridized carbons (Fsp3) is 1.00. The van der Waals surface area contributed by atoms with Gasteiger partial charge in [0, 0.05) is 0 Å². The number of unbranched alkanes of at least 4 members (excludes halogenated alkanes) is 3. The van der Waals surface area contributed by atoms with Crippen molar-refractivity contribution in [2.45, 2.75) is 89.1 Å². The maximum Gasteiger partial charge on any atom is 0.146 e. The molecule has 0 radical (unpaired) electrons. The van der Waals surface area contributed by atoms with Crippen LogP contribution in [-0.2, 0) is 0 Å². The zero-order valence-electron chi connectivity index (χ0n) is 10.5. The Kier molecular flexibility index (Phi) is 4.59. The Hall–Kier alpha value is 0.0649. The van der Waals surface area contributed by atoms with Crippen molar-refractivity contribution in [3.63, 3.8) is 0 Å². The first-order chi connectivity index (χ1) is 7.42. The zero-order chi connectivity index (χ0) is 10.5. The van der Waals surface area contributed by atoms with Crippen LogP contribution >= 0.6 is 0 Å². The van der Waals surface area contributed by atoms with Gasteiger partial charge in [-0.25, -0.2) is 0 Å². The molecule has 0 aromatic rings. The van der Waals surface area contributed by atoms with Crippen molar-refractivity contribution in [1.29, 1.82) is 0 Å². The molecule has 0 N–H and O–H groups in total. The lowest BCUT2D eigenvalue weighted by molar-refractivity contribution is 0.439. The molecule has 2 bridgehead atoms. The molecule has 2 saturated heterocycles. The van der Waals surface area contributed by atoms with Crippen LogP contribution in [0.3, 0.4) is 0 Å². The molecule has 86 valence electrons. The van der Waals surface area contributed by atoms with Crippen LogP contribution in [0.4, 0.5) is 0 Å². The second-order valence-electron chi connectivity index (χ2n) is 5.90. The van der Waals surface area contributed by atoms with E-state index in [2.05, 4.69) is 6.92 Å². The van der Waals surface area contributed by atoms with Gasteiger partial charge in [0.2, 0.25) is 0 Å². The summed E-state index contributed by atoms with van der Waals surface area (Å²) in [6, 6.07) is 0. The molecule has 0 aliphatic carbocycles. The summed E-state index contributed by atoms with van der Waals surface area (Å²) in [5, 5.41) is 0. The summed E-state index contributed by atoms with van der Waals surface area (Å²) < 4.78 is 0. The molecule has 0 aromatic heterocycles. The fourth-order valence-electron chi connectivity index (χ4n) is 4.09. The summed E-state index contributed by atoms with van der Waals surface area (Å²) in [6.07, 6.45) is 16.8. The van der Waals surface area contributed by atoms with E-state index >= 15 is 0 Å². The van der Waals surface area contributed by atoms with Gasteiger partial charge in [-0.15, -0.1) is 0 Å². The van der Waals surface area contributed by atoms with Gasteiger partial charge < -0.3 is 0 Å². The number of fused-ring (bicyclic) bond motifs is 2. The van der Waals surface area contributed by atoms with Crippen molar-refractivity contribution in [3.05, 3.63) is 0 Å². The van der Waals surface area contributed by atoms with E-state index in [1.165, 1.54) is 25.7 Å². The molecule has 0 aromatic carbocycles. The summed E-state index contributed by atoms with van der Waals surface area (Å²) in [5.41, 5.74) is 0. The van der Waals surface area contributed by atoms with Crippen molar-refractivity contribution in [2.24, 2.45) is 0 Å². The average Bonchev–Trinajstić information content (AvgIpc) is 2.24. The third-order valence-corrected chi connectivity index (χ3v) is 4.90. The summed E-state index contributed by atoms with van der Waals surface area (Å²) in [6.45, 7) is 3.46. The minimum absolute atomic E-state index is 1.14. The van der Waals surface area contributed by atoms with Crippen LogP contribution in [0.25, 0.3) is 0 Å². The third kappa shape index (κ3) is 3.01. The van der Waals surface area contributed by atoms with Crippen molar-refractivity contribution >= 4 is 6.71 Å². The lowest BCUT2D eigenvalue weighted by Crippen LogP contribution is -2.34. The second kappa shape index (κ2) is 5.96. The van der Waals surface area contributed by atoms with Gasteiger partial charge in [-0.1, -0.05) is 89.1 Å². The van der Waals surface area contributed by atoms with E-state index in [9.17, 15) is 0 Å². The topological polar surface area (TPSA) is 0 Å². The summed E-state index contributed by atoms with van der Waals surface area (Å²) in [5.74, 6) is 2.28. The van der Waals surface area contributed by atoms with Gasteiger partial charge in [0.25, 0.3) is 0 Å². The van der Waals surface area contributed by atoms with E-state index < -0.39 is 0 Å². The maximum absolute atomic E-state index is 2.31.